The number of thiol groups is 1. The summed E-state index contributed by atoms with van der Waals surface area (Å²) in [5, 5.41) is 14.9. The molecule has 0 saturated carbocycles. The summed E-state index contributed by atoms with van der Waals surface area (Å²) in [6.07, 6.45) is 16.6. The molecule has 3 aliphatic rings. The molecule has 2 heterocycles. The van der Waals surface area contributed by atoms with Gasteiger partial charge in [0.2, 0.25) is 0 Å². The van der Waals surface area contributed by atoms with Crippen LogP contribution in [0.15, 0.2) is 204 Å². The van der Waals surface area contributed by atoms with Gasteiger partial charge in [-0.25, -0.2) is 4.40 Å². The molecule has 88 heavy (non-hydrogen) atoms. The fraction of sp³-hybridized carbons (Fsp3) is 0.293. The maximum atomic E-state index is 10.1. The lowest BCUT2D eigenvalue weighted by atomic mass is 9.70. The second-order valence-electron chi connectivity index (χ2n) is 27.7. The smallest absolute Gasteiger partial charge is 0.131 e. The fourth-order valence-corrected chi connectivity index (χ4v) is 15.1. The molecule has 0 saturated heterocycles. The van der Waals surface area contributed by atoms with Gasteiger partial charge in [0.1, 0.15) is 22.9 Å². The number of fused-ring (bicyclic) bond motifs is 10. The monoisotopic (exact) mass is 1170 g/mol. The van der Waals surface area contributed by atoms with Crippen molar-refractivity contribution >= 4 is 73.8 Å². The number of aromatic nitrogens is 1. The minimum atomic E-state index is -0.304. The molecule has 0 spiro atoms. The van der Waals surface area contributed by atoms with Crippen LogP contribution >= 0.6 is 12.8 Å². The van der Waals surface area contributed by atoms with Gasteiger partial charge in [0, 0.05) is 55.4 Å². The van der Waals surface area contributed by atoms with Crippen molar-refractivity contribution in [2.24, 2.45) is 4.40 Å². The van der Waals surface area contributed by atoms with Gasteiger partial charge in [0.05, 0.1) is 16.7 Å². The van der Waals surface area contributed by atoms with Gasteiger partial charge >= 0.3 is 0 Å². The van der Waals surface area contributed by atoms with Gasteiger partial charge in [-0.05, 0) is 182 Å². The van der Waals surface area contributed by atoms with E-state index in [1.165, 1.54) is 130 Å². The molecule has 1 aliphatic heterocycles. The average molecular weight is 1170 g/mol. The van der Waals surface area contributed by atoms with Gasteiger partial charge in [0.25, 0.3) is 0 Å². The van der Waals surface area contributed by atoms with E-state index in [-0.39, 0.29) is 21.7 Å². The van der Waals surface area contributed by atoms with E-state index in [4.69, 9.17) is 21.9 Å². The van der Waals surface area contributed by atoms with Crippen molar-refractivity contribution in [2.45, 2.75) is 155 Å². The van der Waals surface area contributed by atoms with Crippen LogP contribution in [0.1, 0.15) is 172 Å². The first kappa shape index (κ1) is 58.8. The van der Waals surface area contributed by atoms with Gasteiger partial charge < -0.3 is 14.2 Å². The topological polar surface area (TPSA) is 53.6 Å². The van der Waals surface area contributed by atoms with Crippen molar-refractivity contribution in [3.05, 3.63) is 239 Å². The van der Waals surface area contributed by atoms with E-state index >= 15 is 0 Å². The Labute approximate surface area is 528 Å². The lowest BCUT2D eigenvalue weighted by Gasteiger charge is -2.34. The van der Waals surface area contributed by atoms with Gasteiger partial charge in [-0.3, -0.25) is 5.41 Å². The van der Waals surface area contributed by atoms with Crippen molar-refractivity contribution < 1.29 is 4.74 Å². The van der Waals surface area contributed by atoms with Crippen LogP contribution in [-0.2, 0) is 21.7 Å². The maximum Gasteiger partial charge on any atom is 0.131 e. The Bertz CT molecular complexity index is 4390. The summed E-state index contributed by atoms with van der Waals surface area (Å²) < 4.78 is 13.8. The highest BCUT2D eigenvalue weighted by Crippen LogP contribution is 2.56. The van der Waals surface area contributed by atoms with Crippen LogP contribution in [0.4, 0.5) is 11.4 Å². The summed E-state index contributed by atoms with van der Waals surface area (Å²) in [6.45, 7) is 22.7. The number of ether oxygens (including phenoxy) is 1. The van der Waals surface area contributed by atoms with E-state index in [9.17, 15) is 5.41 Å². The van der Waals surface area contributed by atoms with Gasteiger partial charge in [-0.15, -0.1) is 0 Å². The van der Waals surface area contributed by atoms with E-state index in [0.717, 1.165) is 67.4 Å². The fourth-order valence-electron chi connectivity index (χ4n) is 14.9. The van der Waals surface area contributed by atoms with Crippen LogP contribution in [0.2, 0.25) is 0 Å². The predicted molar refractivity (Wildman–Crippen MR) is 379 cm³/mol. The number of nitrogens with one attached hydrogen (secondary N) is 1. The predicted octanol–water partition coefficient (Wildman–Crippen LogP) is 23.3. The highest BCUT2D eigenvalue weighted by molar-refractivity contribution is 7.79. The van der Waals surface area contributed by atoms with E-state index in [1.54, 1.807) is 0 Å². The van der Waals surface area contributed by atoms with Crippen LogP contribution in [0.3, 0.4) is 0 Å². The first-order chi connectivity index (χ1) is 42.4. The summed E-state index contributed by atoms with van der Waals surface area (Å²) >= 11 is 4.70. The summed E-state index contributed by atoms with van der Waals surface area (Å²) in [5.41, 5.74) is 21.4. The van der Waals surface area contributed by atoms with Gasteiger partial charge in [-0.2, -0.15) is 0 Å². The molecule has 0 unspecified atom stereocenters. The molecule has 9 aromatic carbocycles. The Morgan fingerprint density at radius 2 is 1.11 bits per heavy atom. The molecular weight excluding hydrogens is 1090 g/mol. The molecule has 5 nitrogen and oxygen atoms in total. The van der Waals surface area contributed by atoms with E-state index < -0.39 is 0 Å². The van der Waals surface area contributed by atoms with Crippen LogP contribution in [0, 0.1) is 5.41 Å². The van der Waals surface area contributed by atoms with E-state index in [2.05, 4.69) is 273 Å². The first-order valence-corrected chi connectivity index (χ1v) is 32.8. The van der Waals surface area contributed by atoms with Crippen molar-refractivity contribution in [3.8, 4) is 39.4 Å². The highest BCUT2D eigenvalue weighted by atomic mass is 32.1. The molecule has 0 fully saturated rings. The zero-order valence-electron chi connectivity index (χ0n) is 53.2. The SMILES string of the molecule is CCCCCCC1(CCCCCC)c2ccccc2-c2ccc(-c3cccc4c3ccc3c4c4cc(C5=CC=C(N(c6ccc(C(C)(C)C)cc6)c6ccc(C(C)(C)C)cc6)C(=N)/C5=N\S)ccc4n3-c3ccc4c(c3)C(C)(C)c3ccccc3O4)cc21. The van der Waals surface area contributed by atoms with Crippen LogP contribution in [0.5, 0.6) is 11.5 Å². The number of anilines is 2. The molecule has 0 radical (unpaired) electrons. The number of nitrogens with zero attached hydrogens (tertiary/aromatic N) is 3. The van der Waals surface area contributed by atoms with E-state index in [0.29, 0.717) is 11.4 Å². The van der Waals surface area contributed by atoms with Crippen LogP contribution in [-0.4, -0.2) is 16.0 Å². The average Bonchev–Trinajstić information content (AvgIpc) is 1.98. The second-order valence-corrected chi connectivity index (χ2v) is 27.9. The first-order valence-electron chi connectivity index (χ1n) is 32.4. The third-order valence-corrected chi connectivity index (χ3v) is 19.9. The highest BCUT2D eigenvalue weighted by Gasteiger charge is 2.43. The molecule has 444 valence electrons. The number of hydrogen-bond donors (Lipinski definition) is 2. The summed E-state index contributed by atoms with van der Waals surface area (Å²) in [7, 11) is 0. The summed E-state index contributed by atoms with van der Waals surface area (Å²) in [5.74, 6) is 1.79. The van der Waals surface area contributed by atoms with E-state index in [1.807, 2.05) is 0 Å². The third-order valence-electron chi connectivity index (χ3n) is 19.7. The number of benzene rings is 9. The molecule has 10 aromatic rings. The van der Waals surface area contributed by atoms with Crippen LogP contribution < -0.4 is 9.64 Å². The normalized spacial score (nSPS) is 15.4. The maximum absolute atomic E-state index is 10.1. The van der Waals surface area contributed by atoms with Crippen molar-refractivity contribution in [2.75, 3.05) is 4.90 Å². The molecular formula is C82H84N4OS. The molecule has 6 heteroatoms. The van der Waals surface area contributed by atoms with Crippen molar-refractivity contribution in [1.82, 2.24) is 4.57 Å². The van der Waals surface area contributed by atoms with Crippen molar-refractivity contribution in [1.29, 1.82) is 5.41 Å². The zero-order valence-corrected chi connectivity index (χ0v) is 54.1. The van der Waals surface area contributed by atoms with Gasteiger partial charge in [0.15, 0.2) is 0 Å². The summed E-state index contributed by atoms with van der Waals surface area (Å²) in [6, 6.07) is 68.0. The van der Waals surface area contributed by atoms with Crippen molar-refractivity contribution in [3.63, 3.8) is 0 Å². The van der Waals surface area contributed by atoms with Gasteiger partial charge in [-0.1, -0.05) is 230 Å². The Morgan fingerprint density at radius 1 is 0.511 bits per heavy atom. The Balaban J connectivity index is 0.992. The number of hydrogen-bond acceptors (Lipinski definition) is 5. The number of para-hydroxylation sites is 1. The summed E-state index contributed by atoms with van der Waals surface area (Å²) in [4.78, 5) is 2.19. The number of unbranched alkanes of at least 4 members (excludes halogenated alkanes) is 6. The molecule has 0 bridgehead atoms. The quantitative estimate of drug-likeness (QED) is 0.0575. The molecule has 13 rings (SSSR count). The largest absolute Gasteiger partial charge is 0.457 e. The zero-order chi connectivity index (χ0) is 61.3. The second kappa shape index (κ2) is 23.1. The molecule has 1 aromatic heterocycles. The molecule has 0 atom stereocenters. The Kier molecular flexibility index (Phi) is 15.4. The molecule has 1 N–H and O–H groups in total. The number of allylic oxidation sites excluding steroid dienone is 4. The lowest BCUT2D eigenvalue weighted by molar-refractivity contribution is 0.401. The lowest BCUT2D eigenvalue weighted by Crippen LogP contribution is -2.30. The Morgan fingerprint density at radius 3 is 1.77 bits per heavy atom. The molecule has 2 aliphatic carbocycles. The molecule has 0 amide bonds. The minimum absolute atomic E-state index is 0.0108. The minimum Gasteiger partial charge on any atom is -0.457 e. The number of rotatable bonds is 16. The third kappa shape index (κ3) is 10.1. The Hall–Kier alpha value is -8.19. The van der Waals surface area contributed by atoms with Crippen LogP contribution in [0.25, 0.3) is 66.1 Å². The standard InChI is InChI=1S/C82H84N4OS/c1-11-13-15-21-48-82(49-22-16-14-12-2)67-27-18-17-24-63(67)64-41-30-54(51-69(64)82)60-25-23-26-65-62(60)43-45-72-76(65)66-50-53(31-44-71(66)86(72)59-40-47-75-70(52-59)81(9,10)68-28-19-20-29-74(68)87-75)61-42-46-73(77(83)78(61)84-88)85(57-36-32-55(33-37-57)79(3,4)5)58-38-34-56(35-39-58)80(6,7)8/h17-20,23-47,50-52,83,88H,11-16,21-22,48-49H2,1-10H3/b83-77?,84-78-.